The fourth-order valence-electron chi connectivity index (χ4n) is 4.49. The van der Waals surface area contributed by atoms with Gasteiger partial charge in [-0.2, -0.15) is 0 Å². The van der Waals surface area contributed by atoms with Crippen LogP contribution in [0.15, 0.2) is 42.7 Å². The van der Waals surface area contributed by atoms with Crippen LogP contribution in [0, 0.1) is 25.2 Å². The number of aryl methyl sites for hydroxylation is 2. The second-order valence-electron chi connectivity index (χ2n) is 8.33. The molecule has 1 spiro atoms. The molecule has 1 unspecified atom stereocenters. The van der Waals surface area contributed by atoms with Gasteiger partial charge in [-0.05, 0) is 67.6 Å². The van der Waals surface area contributed by atoms with Gasteiger partial charge in [0.25, 0.3) is 5.91 Å². The van der Waals surface area contributed by atoms with Crippen LogP contribution in [0.25, 0.3) is 0 Å². The fourth-order valence-corrected chi connectivity index (χ4v) is 4.49. The zero-order chi connectivity index (χ0) is 19.7. The second kappa shape index (κ2) is 7.38. The largest absolute Gasteiger partial charge is 0.352 e. The van der Waals surface area contributed by atoms with Crippen molar-refractivity contribution in [2.24, 2.45) is 11.3 Å². The van der Waals surface area contributed by atoms with Gasteiger partial charge in [-0.15, -0.1) is 0 Å². The lowest BCUT2D eigenvalue weighted by atomic mass is 9.62. The molecule has 146 valence electrons. The summed E-state index contributed by atoms with van der Waals surface area (Å²) in [6.45, 7) is 5.77. The Morgan fingerprint density at radius 1 is 1.14 bits per heavy atom. The molecule has 1 saturated carbocycles. The third-order valence-electron chi connectivity index (χ3n) is 6.57. The van der Waals surface area contributed by atoms with Crippen molar-refractivity contribution in [2.75, 3.05) is 13.1 Å². The van der Waals surface area contributed by atoms with Crippen LogP contribution in [0.5, 0.6) is 0 Å². The molecule has 1 N–H and O–H groups in total. The fraction of sp³-hybridized carbons (Fsp3) is 0.435. The second-order valence-corrected chi connectivity index (χ2v) is 8.33. The third kappa shape index (κ3) is 3.41. The molecule has 2 fully saturated rings. The molecule has 2 heterocycles. The predicted molar refractivity (Wildman–Crippen MR) is 108 cm³/mol. The minimum atomic E-state index is -0.126. The van der Waals surface area contributed by atoms with E-state index in [2.05, 4.69) is 10.3 Å². The molecule has 5 nitrogen and oxygen atoms in total. The molecule has 0 radical (unpaired) electrons. The van der Waals surface area contributed by atoms with Crippen molar-refractivity contribution in [2.45, 2.75) is 39.7 Å². The maximum atomic E-state index is 13.1. The molecular weight excluding hydrogens is 350 g/mol. The summed E-state index contributed by atoms with van der Waals surface area (Å²) in [5.74, 6) is -0.0238. The van der Waals surface area contributed by atoms with Gasteiger partial charge in [-0.3, -0.25) is 14.6 Å². The van der Waals surface area contributed by atoms with Crippen LogP contribution in [0.1, 0.15) is 46.3 Å². The van der Waals surface area contributed by atoms with E-state index in [-0.39, 0.29) is 23.1 Å². The monoisotopic (exact) mass is 377 g/mol. The standard InChI is InChI=1S/C23H27N3O2/c1-16-4-5-19(12-17(16)2)22(28)26-14-20(23(15-26)8-3-9-23)21(27)25-13-18-6-10-24-11-7-18/h4-7,10-12,20H,3,8-9,13-15H2,1-2H3,(H,25,27). The Bertz CT molecular complexity index is 890. The van der Waals surface area contributed by atoms with E-state index in [0.717, 1.165) is 36.0 Å². The minimum Gasteiger partial charge on any atom is -0.352 e. The van der Waals surface area contributed by atoms with E-state index in [4.69, 9.17) is 0 Å². The zero-order valence-corrected chi connectivity index (χ0v) is 16.6. The molecule has 1 aromatic carbocycles. The van der Waals surface area contributed by atoms with Crippen LogP contribution in [-0.2, 0) is 11.3 Å². The predicted octanol–water partition coefficient (Wildman–Crippen LogP) is 3.26. The summed E-state index contributed by atoms with van der Waals surface area (Å²) in [6, 6.07) is 9.67. The molecular formula is C23H27N3O2. The maximum Gasteiger partial charge on any atom is 0.253 e. The number of aromatic nitrogens is 1. The molecule has 2 aromatic rings. The van der Waals surface area contributed by atoms with Crippen LogP contribution in [-0.4, -0.2) is 34.8 Å². The molecule has 0 bridgehead atoms. The molecule has 1 atom stereocenters. The first-order valence-electron chi connectivity index (χ1n) is 10.0. The summed E-state index contributed by atoms with van der Waals surface area (Å²) in [5, 5.41) is 3.08. The average Bonchev–Trinajstić information content (AvgIpc) is 3.10. The van der Waals surface area contributed by atoms with Gasteiger partial charge in [-0.25, -0.2) is 0 Å². The number of amides is 2. The lowest BCUT2D eigenvalue weighted by Gasteiger charge is -2.41. The Kier molecular flexibility index (Phi) is 4.92. The van der Waals surface area contributed by atoms with E-state index < -0.39 is 0 Å². The highest BCUT2D eigenvalue weighted by molar-refractivity contribution is 5.95. The molecule has 1 aromatic heterocycles. The highest BCUT2D eigenvalue weighted by atomic mass is 16.2. The number of hydrogen-bond acceptors (Lipinski definition) is 3. The van der Waals surface area contributed by atoms with Gasteiger partial charge in [-0.1, -0.05) is 12.5 Å². The van der Waals surface area contributed by atoms with Crippen LogP contribution in [0.4, 0.5) is 0 Å². The molecule has 28 heavy (non-hydrogen) atoms. The summed E-state index contributed by atoms with van der Waals surface area (Å²) in [5.41, 5.74) is 4.01. The molecule has 2 amide bonds. The van der Waals surface area contributed by atoms with Gasteiger partial charge in [0, 0.05) is 43.0 Å². The number of nitrogens with one attached hydrogen (secondary N) is 1. The van der Waals surface area contributed by atoms with Crippen molar-refractivity contribution in [1.82, 2.24) is 15.2 Å². The lowest BCUT2D eigenvalue weighted by molar-refractivity contribution is -0.129. The van der Waals surface area contributed by atoms with E-state index in [9.17, 15) is 9.59 Å². The summed E-state index contributed by atoms with van der Waals surface area (Å²) >= 11 is 0. The number of hydrogen-bond donors (Lipinski definition) is 1. The van der Waals surface area contributed by atoms with Crippen LogP contribution >= 0.6 is 0 Å². The summed E-state index contributed by atoms with van der Waals surface area (Å²) < 4.78 is 0. The first-order chi connectivity index (χ1) is 13.5. The Hall–Kier alpha value is -2.69. The van der Waals surface area contributed by atoms with Gasteiger partial charge in [0.05, 0.1) is 5.92 Å². The minimum absolute atomic E-state index is 0.0406. The molecule has 1 aliphatic carbocycles. The van der Waals surface area contributed by atoms with Crippen molar-refractivity contribution in [3.63, 3.8) is 0 Å². The number of benzene rings is 1. The van der Waals surface area contributed by atoms with Gasteiger partial charge in [0.1, 0.15) is 0 Å². The van der Waals surface area contributed by atoms with Gasteiger partial charge in [0.15, 0.2) is 0 Å². The highest BCUT2D eigenvalue weighted by Gasteiger charge is 2.54. The van der Waals surface area contributed by atoms with Crippen molar-refractivity contribution in [3.8, 4) is 0 Å². The maximum absolute atomic E-state index is 13.1. The first-order valence-corrected chi connectivity index (χ1v) is 10.0. The van der Waals surface area contributed by atoms with Crippen molar-refractivity contribution >= 4 is 11.8 Å². The number of rotatable bonds is 4. The number of nitrogens with zero attached hydrogens (tertiary/aromatic N) is 2. The molecule has 4 rings (SSSR count). The van der Waals surface area contributed by atoms with E-state index in [1.165, 1.54) is 5.56 Å². The number of pyridine rings is 1. The van der Waals surface area contributed by atoms with E-state index in [1.807, 2.05) is 49.1 Å². The van der Waals surface area contributed by atoms with E-state index >= 15 is 0 Å². The Labute approximate surface area is 166 Å². The average molecular weight is 377 g/mol. The van der Waals surface area contributed by atoms with Gasteiger partial charge < -0.3 is 10.2 Å². The number of carbonyl (C=O) groups is 2. The van der Waals surface area contributed by atoms with Crippen LogP contribution < -0.4 is 5.32 Å². The van der Waals surface area contributed by atoms with Crippen molar-refractivity contribution in [3.05, 3.63) is 65.0 Å². The van der Waals surface area contributed by atoms with Gasteiger partial charge in [0.2, 0.25) is 5.91 Å². The molecule has 2 aliphatic rings. The Balaban J connectivity index is 1.47. The van der Waals surface area contributed by atoms with Crippen molar-refractivity contribution < 1.29 is 9.59 Å². The topological polar surface area (TPSA) is 62.3 Å². The smallest absolute Gasteiger partial charge is 0.253 e. The molecule has 1 saturated heterocycles. The lowest BCUT2D eigenvalue weighted by Crippen LogP contribution is -2.45. The Morgan fingerprint density at radius 2 is 1.89 bits per heavy atom. The van der Waals surface area contributed by atoms with Crippen molar-refractivity contribution in [1.29, 1.82) is 0 Å². The molecule has 1 aliphatic heterocycles. The van der Waals surface area contributed by atoms with Crippen LogP contribution in [0.3, 0.4) is 0 Å². The normalized spacial score (nSPS) is 20.1. The highest BCUT2D eigenvalue weighted by Crippen LogP contribution is 2.52. The quantitative estimate of drug-likeness (QED) is 0.890. The van der Waals surface area contributed by atoms with E-state index in [0.29, 0.717) is 19.6 Å². The molecule has 5 heteroatoms. The van der Waals surface area contributed by atoms with E-state index in [1.54, 1.807) is 12.4 Å². The summed E-state index contributed by atoms with van der Waals surface area (Å²) in [6.07, 6.45) is 6.65. The first kappa shape index (κ1) is 18.7. The number of carbonyl (C=O) groups excluding carboxylic acids is 2. The Morgan fingerprint density at radius 3 is 2.54 bits per heavy atom. The van der Waals surface area contributed by atoms with Crippen LogP contribution in [0.2, 0.25) is 0 Å². The summed E-state index contributed by atoms with van der Waals surface area (Å²) in [7, 11) is 0. The summed E-state index contributed by atoms with van der Waals surface area (Å²) in [4.78, 5) is 31.9. The third-order valence-corrected chi connectivity index (χ3v) is 6.57. The SMILES string of the molecule is Cc1ccc(C(=O)N2CC(C(=O)NCc3ccncc3)C3(CCC3)C2)cc1C. The number of likely N-dealkylation sites (tertiary alicyclic amines) is 1. The van der Waals surface area contributed by atoms with Gasteiger partial charge >= 0.3 is 0 Å². The zero-order valence-electron chi connectivity index (χ0n) is 16.6.